The number of aromatic amines is 1. The summed E-state index contributed by atoms with van der Waals surface area (Å²) < 4.78 is 4.95. The molecule has 2 N–H and O–H groups in total. The molecule has 0 unspecified atom stereocenters. The van der Waals surface area contributed by atoms with Crippen LogP contribution in [0.4, 0.5) is 0 Å². The quantitative estimate of drug-likeness (QED) is 0.766. The van der Waals surface area contributed by atoms with E-state index < -0.39 is 0 Å². The first-order valence-corrected chi connectivity index (χ1v) is 6.48. The largest absolute Gasteiger partial charge is 0.481 e. The zero-order valence-corrected chi connectivity index (χ0v) is 11.5. The third-order valence-corrected chi connectivity index (χ3v) is 3.06. The molecule has 21 heavy (non-hydrogen) atoms. The van der Waals surface area contributed by atoms with Gasteiger partial charge in [0.2, 0.25) is 5.88 Å². The summed E-state index contributed by atoms with van der Waals surface area (Å²) in [5, 5.41) is 2.80. The van der Waals surface area contributed by atoms with Gasteiger partial charge in [-0.1, -0.05) is 12.1 Å². The Morgan fingerprint density at radius 3 is 2.86 bits per heavy atom. The van der Waals surface area contributed by atoms with Crippen LogP contribution in [0, 0.1) is 0 Å². The Kier molecular flexibility index (Phi) is 3.51. The average molecular weight is 282 g/mol. The van der Waals surface area contributed by atoms with Crippen molar-refractivity contribution < 1.29 is 9.53 Å². The number of aromatic nitrogens is 3. The summed E-state index contributed by atoms with van der Waals surface area (Å²) in [5.74, 6) is 0.987. The lowest BCUT2D eigenvalue weighted by atomic mass is 10.2. The molecule has 6 nitrogen and oxygen atoms in total. The van der Waals surface area contributed by atoms with E-state index in [9.17, 15) is 4.79 Å². The molecular formula is C15H14N4O2. The minimum absolute atomic E-state index is 0.203. The Labute approximate surface area is 121 Å². The first-order valence-electron chi connectivity index (χ1n) is 6.48. The lowest BCUT2D eigenvalue weighted by Gasteiger charge is -2.03. The molecule has 1 aromatic carbocycles. The third kappa shape index (κ3) is 2.84. The molecule has 1 amide bonds. The number of nitrogens with zero attached hydrogens (tertiary/aromatic N) is 2. The number of H-pyrrole nitrogens is 1. The summed E-state index contributed by atoms with van der Waals surface area (Å²) in [7, 11) is 1.53. The second-order valence-corrected chi connectivity index (χ2v) is 4.47. The van der Waals surface area contributed by atoms with E-state index in [1.54, 1.807) is 12.1 Å². The molecule has 2 aromatic heterocycles. The van der Waals surface area contributed by atoms with Gasteiger partial charge in [0.1, 0.15) is 5.82 Å². The van der Waals surface area contributed by atoms with Gasteiger partial charge in [-0.2, -0.15) is 0 Å². The van der Waals surface area contributed by atoms with Gasteiger partial charge in [0.25, 0.3) is 5.91 Å². The fraction of sp³-hybridized carbons (Fsp3) is 0.133. The monoisotopic (exact) mass is 282 g/mol. The summed E-state index contributed by atoms with van der Waals surface area (Å²) in [6.45, 7) is 0.333. The van der Waals surface area contributed by atoms with Crippen LogP contribution in [0.15, 0.2) is 42.6 Å². The Bertz CT molecular complexity index is 732. The van der Waals surface area contributed by atoms with Crippen molar-refractivity contribution in [3.8, 4) is 5.88 Å². The first kappa shape index (κ1) is 13.1. The van der Waals surface area contributed by atoms with Gasteiger partial charge in [0.05, 0.1) is 30.3 Å². The number of imidazole rings is 1. The molecule has 0 aliphatic heterocycles. The zero-order chi connectivity index (χ0) is 14.7. The molecule has 0 radical (unpaired) electrons. The van der Waals surface area contributed by atoms with E-state index in [-0.39, 0.29) is 5.91 Å². The molecule has 106 valence electrons. The predicted molar refractivity (Wildman–Crippen MR) is 78.1 cm³/mol. The highest BCUT2D eigenvalue weighted by atomic mass is 16.5. The number of fused-ring (bicyclic) bond motifs is 1. The van der Waals surface area contributed by atoms with Crippen LogP contribution in [-0.2, 0) is 6.54 Å². The molecule has 3 aromatic rings. The van der Waals surface area contributed by atoms with Crippen molar-refractivity contribution in [2.24, 2.45) is 0 Å². The van der Waals surface area contributed by atoms with Crippen LogP contribution >= 0.6 is 0 Å². The Morgan fingerprint density at radius 2 is 2.14 bits per heavy atom. The summed E-state index contributed by atoms with van der Waals surface area (Å²) in [4.78, 5) is 23.6. The van der Waals surface area contributed by atoms with Crippen molar-refractivity contribution in [1.29, 1.82) is 0 Å². The summed E-state index contributed by atoms with van der Waals surface area (Å²) in [5.41, 5.74) is 2.31. The van der Waals surface area contributed by atoms with E-state index in [1.807, 2.05) is 24.3 Å². The molecule has 0 bridgehead atoms. The molecule has 2 heterocycles. The number of ether oxygens (including phenoxy) is 1. The number of carbonyl (C=O) groups excluding carboxylic acids is 1. The average Bonchev–Trinajstić information content (AvgIpc) is 2.95. The minimum atomic E-state index is -0.203. The van der Waals surface area contributed by atoms with Gasteiger partial charge in [0, 0.05) is 12.3 Å². The van der Waals surface area contributed by atoms with E-state index in [1.165, 1.54) is 13.3 Å². The molecule has 0 spiro atoms. The van der Waals surface area contributed by atoms with E-state index in [0.717, 1.165) is 11.0 Å². The fourth-order valence-electron chi connectivity index (χ4n) is 1.99. The van der Waals surface area contributed by atoms with Gasteiger partial charge < -0.3 is 15.0 Å². The van der Waals surface area contributed by atoms with Crippen LogP contribution in [0.1, 0.15) is 16.2 Å². The smallest absolute Gasteiger partial charge is 0.253 e. The van der Waals surface area contributed by atoms with E-state index in [4.69, 9.17) is 4.74 Å². The number of para-hydroxylation sites is 2. The Hall–Kier alpha value is -2.89. The zero-order valence-electron chi connectivity index (χ0n) is 11.5. The number of pyridine rings is 1. The minimum Gasteiger partial charge on any atom is -0.481 e. The lowest BCUT2D eigenvalue weighted by molar-refractivity contribution is 0.0949. The van der Waals surface area contributed by atoms with Gasteiger partial charge in [0.15, 0.2) is 0 Å². The van der Waals surface area contributed by atoms with E-state index in [0.29, 0.717) is 23.8 Å². The standard InChI is InChI=1S/C15H14N4O2/c1-21-14-7-6-10(8-16-14)15(20)17-9-13-18-11-4-2-3-5-12(11)19-13/h2-8H,9H2,1H3,(H,17,20)(H,18,19). The predicted octanol–water partition coefficient (Wildman–Crippen LogP) is 1.90. The summed E-state index contributed by atoms with van der Waals surface area (Å²) in [6.07, 6.45) is 1.48. The SMILES string of the molecule is COc1ccc(C(=O)NCc2nc3ccccc3[nH]2)cn1. The maximum Gasteiger partial charge on any atom is 0.253 e. The topological polar surface area (TPSA) is 79.9 Å². The number of amides is 1. The molecule has 3 rings (SSSR count). The molecule has 0 fully saturated rings. The number of hydrogen-bond acceptors (Lipinski definition) is 4. The molecule has 0 aliphatic carbocycles. The van der Waals surface area contributed by atoms with Gasteiger partial charge in [-0.25, -0.2) is 9.97 Å². The normalized spacial score (nSPS) is 10.5. The number of benzene rings is 1. The Morgan fingerprint density at radius 1 is 1.29 bits per heavy atom. The van der Waals surface area contributed by atoms with E-state index >= 15 is 0 Å². The van der Waals surface area contributed by atoms with Crippen molar-refractivity contribution in [2.75, 3.05) is 7.11 Å². The number of carbonyl (C=O) groups is 1. The highest BCUT2D eigenvalue weighted by molar-refractivity contribution is 5.93. The van der Waals surface area contributed by atoms with Gasteiger partial charge in [-0.15, -0.1) is 0 Å². The highest BCUT2D eigenvalue weighted by Gasteiger charge is 2.08. The van der Waals surface area contributed by atoms with Crippen molar-refractivity contribution in [3.63, 3.8) is 0 Å². The van der Waals surface area contributed by atoms with Crippen LogP contribution in [0.2, 0.25) is 0 Å². The number of nitrogens with one attached hydrogen (secondary N) is 2. The van der Waals surface area contributed by atoms with Crippen molar-refractivity contribution in [2.45, 2.75) is 6.54 Å². The number of methoxy groups -OCH3 is 1. The second kappa shape index (κ2) is 5.62. The van der Waals surface area contributed by atoms with Crippen LogP contribution in [-0.4, -0.2) is 28.0 Å². The highest BCUT2D eigenvalue weighted by Crippen LogP contribution is 2.10. The summed E-state index contributed by atoms with van der Waals surface area (Å²) in [6, 6.07) is 11.0. The van der Waals surface area contributed by atoms with Crippen LogP contribution in [0.3, 0.4) is 0 Å². The van der Waals surface area contributed by atoms with Gasteiger partial charge >= 0.3 is 0 Å². The molecule has 0 saturated heterocycles. The maximum absolute atomic E-state index is 12.0. The van der Waals surface area contributed by atoms with Crippen LogP contribution in [0.5, 0.6) is 5.88 Å². The second-order valence-electron chi connectivity index (χ2n) is 4.47. The molecule has 6 heteroatoms. The van der Waals surface area contributed by atoms with Crippen molar-refractivity contribution >= 4 is 16.9 Å². The van der Waals surface area contributed by atoms with Crippen LogP contribution < -0.4 is 10.1 Å². The molecular weight excluding hydrogens is 268 g/mol. The maximum atomic E-state index is 12.0. The van der Waals surface area contributed by atoms with Gasteiger partial charge in [-0.05, 0) is 18.2 Å². The Balaban J connectivity index is 1.67. The van der Waals surface area contributed by atoms with Crippen molar-refractivity contribution in [3.05, 3.63) is 54.0 Å². The number of hydrogen-bond donors (Lipinski definition) is 2. The lowest BCUT2D eigenvalue weighted by Crippen LogP contribution is -2.23. The van der Waals surface area contributed by atoms with Crippen molar-refractivity contribution in [1.82, 2.24) is 20.3 Å². The summed E-state index contributed by atoms with van der Waals surface area (Å²) >= 11 is 0. The van der Waals surface area contributed by atoms with Gasteiger partial charge in [-0.3, -0.25) is 4.79 Å². The molecule has 0 atom stereocenters. The first-order chi connectivity index (χ1) is 10.3. The molecule has 0 aliphatic rings. The molecule has 0 saturated carbocycles. The van der Waals surface area contributed by atoms with Crippen LogP contribution in [0.25, 0.3) is 11.0 Å². The number of rotatable bonds is 4. The third-order valence-electron chi connectivity index (χ3n) is 3.06. The fourth-order valence-corrected chi connectivity index (χ4v) is 1.99. The van der Waals surface area contributed by atoms with E-state index in [2.05, 4.69) is 20.3 Å².